The van der Waals surface area contributed by atoms with Crippen molar-refractivity contribution in [3.05, 3.63) is 64.7 Å². The van der Waals surface area contributed by atoms with Gasteiger partial charge in [-0.1, -0.05) is 18.2 Å². The van der Waals surface area contributed by atoms with Crippen molar-refractivity contribution in [2.75, 3.05) is 36.1 Å². The number of morpholine rings is 1. The van der Waals surface area contributed by atoms with Crippen LogP contribution in [0.1, 0.15) is 16.7 Å². The zero-order chi connectivity index (χ0) is 21.3. The predicted molar refractivity (Wildman–Crippen MR) is 122 cm³/mol. The minimum Gasteiger partial charge on any atom is -0.378 e. The zero-order valence-corrected chi connectivity index (χ0v) is 17.8. The summed E-state index contributed by atoms with van der Waals surface area (Å²) in [5, 5.41) is 2.72. The van der Waals surface area contributed by atoms with Crippen LogP contribution in [0.25, 0.3) is 6.08 Å². The monoisotopic (exact) mass is 421 g/mol. The second-order valence-electron chi connectivity index (χ2n) is 7.42. The first kappa shape index (κ1) is 20.3. The number of carbonyl (C=O) groups is 2. The molecule has 6 nitrogen and oxygen atoms in total. The molecule has 2 aromatic carbocycles. The molecule has 2 aliphatic rings. The molecule has 2 aromatic rings. The van der Waals surface area contributed by atoms with Gasteiger partial charge in [-0.3, -0.25) is 19.8 Å². The SMILES string of the molecule is Cc1ccc(N2C(=O)C(=Cc3ccc(N4CCOCC4)cc3)C(=O)NC2=S)cc1C. The van der Waals surface area contributed by atoms with Crippen molar-refractivity contribution < 1.29 is 14.3 Å². The van der Waals surface area contributed by atoms with Gasteiger partial charge in [0.25, 0.3) is 11.8 Å². The van der Waals surface area contributed by atoms with E-state index >= 15 is 0 Å². The molecule has 2 heterocycles. The molecule has 0 atom stereocenters. The summed E-state index contributed by atoms with van der Waals surface area (Å²) in [7, 11) is 0. The number of benzene rings is 2. The minimum atomic E-state index is -0.484. The maximum Gasteiger partial charge on any atom is 0.270 e. The van der Waals surface area contributed by atoms with Gasteiger partial charge in [0.15, 0.2) is 5.11 Å². The fourth-order valence-corrected chi connectivity index (χ4v) is 3.81. The Labute approximate surface area is 181 Å². The normalized spacial score (nSPS) is 18.7. The van der Waals surface area contributed by atoms with Crippen molar-refractivity contribution >= 4 is 46.6 Å². The molecule has 0 aliphatic carbocycles. The Balaban J connectivity index is 1.61. The molecular weight excluding hydrogens is 398 g/mol. The van der Waals surface area contributed by atoms with Crippen LogP contribution < -0.4 is 15.1 Å². The number of nitrogens with one attached hydrogen (secondary N) is 1. The highest BCUT2D eigenvalue weighted by Gasteiger charge is 2.34. The van der Waals surface area contributed by atoms with E-state index in [1.807, 2.05) is 56.3 Å². The molecule has 7 heteroatoms. The third-order valence-corrected chi connectivity index (χ3v) is 5.72. The Morgan fingerprint density at radius 3 is 2.30 bits per heavy atom. The molecule has 1 N–H and O–H groups in total. The van der Waals surface area contributed by atoms with Crippen LogP contribution in [0.15, 0.2) is 48.0 Å². The summed E-state index contributed by atoms with van der Waals surface area (Å²) in [5.74, 6) is -0.911. The van der Waals surface area contributed by atoms with Gasteiger partial charge in [0.05, 0.1) is 18.9 Å². The molecular formula is C23H23N3O3S. The van der Waals surface area contributed by atoms with E-state index in [1.165, 1.54) is 4.90 Å². The lowest BCUT2D eigenvalue weighted by Crippen LogP contribution is -2.54. The highest BCUT2D eigenvalue weighted by Crippen LogP contribution is 2.25. The minimum absolute atomic E-state index is 0.0564. The van der Waals surface area contributed by atoms with Crippen molar-refractivity contribution in [2.24, 2.45) is 0 Å². The first-order valence-corrected chi connectivity index (χ1v) is 10.3. The number of thiocarbonyl (C=S) groups is 1. The van der Waals surface area contributed by atoms with Crippen LogP contribution in [-0.2, 0) is 14.3 Å². The lowest BCUT2D eigenvalue weighted by atomic mass is 10.0. The van der Waals surface area contributed by atoms with E-state index in [0.717, 1.165) is 35.5 Å². The third-order valence-electron chi connectivity index (χ3n) is 5.43. The quantitative estimate of drug-likeness (QED) is 0.469. The predicted octanol–water partition coefficient (Wildman–Crippen LogP) is 2.97. The fraction of sp³-hybridized carbons (Fsp3) is 0.261. The van der Waals surface area contributed by atoms with Crippen LogP contribution >= 0.6 is 12.2 Å². The standard InChI is InChI=1S/C23H23N3O3S/c1-15-3-6-19(13-16(15)2)26-22(28)20(21(27)24-23(26)30)14-17-4-7-18(8-5-17)25-9-11-29-12-10-25/h3-8,13-14H,9-12H2,1-2H3,(H,24,27,30). The van der Waals surface area contributed by atoms with Gasteiger partial charge in [-0.25, -0.2) is 0 Å². The number of ether oxygens (including phenoxy) is 1. The van der Waals surface area contributed by atoms with Crippen LogP contribution in [0.3, 0.4) is 0 Å². The second kappa shape index (κ2) is 8.38. The summed E-state index contributed by atoms with van der Waals surface area (Å²) in [4.78, 5) is 29.3. The Hall–Kier alpha value is -3.03. The Morgan fingerprint density at radius 2 is 1.63 bits per heavy atom. The van der Waals surface area contributed by atoms with E-state index in [4.69, 9.17) is 17.0 Å². The third kappa shape index (κ3) is 3.99. The lowest BCUT2D eigenvalue weighted by Gasteiger charge is -2.29. The molecule has 0 saturated carbocycles. The Bertz CT molecular complexity index is 1040. The molecule has 30 heavy (non-hydrogen) atoms. The molecule has 2 amide bonds. The van der Waals surface area contributed by atoms with Crippen molar-refractivity contribution in [2.45, 2.75) is 13.8 Å². The van der Waals surface area contributed by atoms with E-state index in [1.54, 1.807) is 6.08 Å². The fourth-order valence-electron chi connectivity index (χ4n) is 3.53. The number of anilines is 2. The largest absolute Gasteiger partial charge is 0.378 e. The molecule has 154 valence electrons. The molecule has 0 bridgehead atoms. The number of carbonyl (C=O) groups excluding carboxylic acids is 2. The van der Waals surface area contributed by atoms with Crippen molar-refractivity contribution in [3.63, 3.8) is 0 Å². The zero-order valence-electron chi connectivity index (χ0n) is 17.0. The van der Waals surface area contributed by atoms with E-state index in [-0.39, 0.29) is 10.7 Å². The number of hydrogen-bond acceptors (Lipinski definition) is 5. The highest BCUT2D eigenvalue weighted by molar-refractivity contribution is 7.80. The van der Waals surface area contributed by atoms with Crippen LogP contribution in [0.5, 0.6) is 0 Å². The Morgan fingerprint density at radius 1 is 0.967 bits per heavy atom. The first-order chi connectivity index (χ1) is 14.4. The summed E-state index contributed by atoms with van der Waals surface area (Å²) in [6.45, 7) is 7.11. The second-order valence-corrected chi connectivity index (χ2v) is 7.80. The number of rotatable bonds is 3. The van der Waals surface area contributed by atoms with Gasteiger partial charge in [-0.2, -0.15) is 0 Å². The summed E-state index contributed by atoms with van der Waals surface area (Å²) in [5.41, 5.74) is 4.73. The molecule has 0 radical (unpaired) electrons. The van der Waals surface area contributed by atoms with Gasteiger partial charge < -0.3 is 9.64 Å². The van der Waals surface area contributed by atoms with Crippen LogP contribution in [0.2, 0.25) is 0 Å². The van der Waals surface area contributed by atoms with Gasteiger partial charge in [0.1, 0.15) is 5.57 Å². The molecule has 2 aliphatic heterocycles. The molecule has 2 saturated heterocycles. The van der Waals surface area contributed by atoms with Crippen LogP contribution in [-0.4, -0.2) is 43.2 Å². The van der Waals surface area contributed by atoms with E-state index in [2.05, 4.69) is 10.2 Å². The molecule has 0 unspecified atom stereocenters. The molecule has 0 aromatic heterocycles. The van der Waals surface area contributed by atoms with Crippen LogP contribution in [0.4, 0.5) is 11.4 Å². The van der Waals surface area contributed by atoms with Gasteiger partial charge >= 0.3 is 0 Å². The lowest BCUT2D eigenvalue weighted by molar-refractivity contribution is -0.122. The summed E-state index contributed by atoms with van der Waals surface area (Å²) >= 11 is 5.28. The van der Waals surface area contributed by atoms with E-state index in [9.17, 15) is 9.59 Å². The average Bonchev–Trinajstić information content (AvgIpc) is 2.74. The van der Waals surface area contributed by atoms with Gasteiger partial charge in [-0.05, 0) is 73.1 Å². The molecule has 4 rings (SSSR count). The number of aryl methyl sites for hydroxylation is 2. The van der Waals surface area contributed by atoms with Crippen molar-refractivity contribution in [3.8, 4) is 0 Å². The molecule has 0 spiro atoms. The van der Waals surface area contributed by atoms with Crippen molar-refractivity contribution in [1.29, 1.82) is 0 Å². The van der Waals surface area contributed by atoms with E-state index in [0.29, 0.717) is 18.9 Å². The number of hydrogen-bond donors (Lipinski definition) is 1. The first-order valence-electron chi connectivity index (χ1n) is 9.85. The van der Waals surface area contributed by atoms with Crippen molar-refractivity contribution in [1.82, 2.24) is 5.32 Å². The maximum absolute atomic E-state index is 13.1. The van der Waals surface area contributed by atoms with Gasteiger partial charge in [-0.15, -0.1) is 0 Å². The number of nitrogens with zero attached hydrogens (tertiary/aromatic N) is 2. The van der Waals surface area contributed by atoms with Crippen LogP contribution in [0, 0.1) is 13.8 Å². The average molecular weight is 422 g/mol. The maximum atomic E-state index is 13.1. The highest BCUT2D eigenvalue weighted by atomic mass is 32.1. The molecule has 2 fully saturated rings. The van der Waals surface area contributed by atoms with Gasteiger partial charge in [0.2, 0.25) is 0 Å². The summed E-state index contributed by atoms with van der Waals surface area (Å²) in [6, 6.07) is 13.5. The number of amides is 2. The van der Waals surface area contributed by atoms with Gasteiger partial charge in [0, 0.05) is 18.8 Å². The summed E-state index contributed by atoms with van der Waals surface area (Å²) < 4.78 is 5.39. The smallest absolute Gasteiger partial charge is 0.270 e. The Kier molecular flexibility index (Phi) is 5.65. The summed E-state index contributed by atoms with van der Waals surface area (Å²) in [6.07, 6.45) is 1.61. The topological polar surface area (TPSA) is 61.9 Å². The van der Waals surface area contributed by atoms with E-state index < -0.39 is 11.8 Å².